The zero-order chi connectivity index (χ0) is 21.9. The van der Waals surface area contributed by atoms with Gasteiger partial charge in [-0.25, -0.2) is 4.21 Å². The third-order valence-corrected chi connectivity index (χ3v) is 6.36. The predicted octanol–water partition coefficient (Wildman–Crippen LogP) is 4.67. The maximum Gasteiger partial charge on any atom is 0.269 e. The molecule has 2 aromatic carbocycles. The first-order chi connectivity index (χ1) is 14.2. The van der Waals surface area contributed by atoms with Crippen LogP contribution in [-0.2, 0) is 15.8 Å². The highest BCUT2D eigenvalue weighted by atomic mass is 32.2. The summed E-state index contributed by atoms with van der Waals surface area (Å²) in [5, 5.41) is 11.0. The summed E-state index contributed by atoms with van der Waals surface area (Å²) in [7, 11) is -1.37. The second kappa shape index (κ2) is 8.75. The molecule has 7 heteroatoms. The second-order valence-corrected chi connectivity index (χ2v) is 10.1. The number of carbonyl (C=O) groups is 1. The summed E-state index contributed by atoms with van der Waals surface area (Å²) < 4.78 is 14.8. The lowest BCUT2D eigenvalue weighted by Crippen LogP contribution is -2.31. The molecule has 0 heterocycles. The predicted molar refractivity (Wildman–Crippen MR) is 119 cm³/mol. The minimum Gasteiger partial charge on any atom is -0.311 e. The van der Waals surface area contributed by atoms with Crippen molar-refractivity contribution in [3.8, 4) is 0 Å². The van der Waals surface area contributed by atoms with Gasteiger partial charge in [0.05, 0.1) is 9.67 Å². The van der Waals surface area contributed by atoms with Crippen molar-refractivity contribution < 1.29 is 13.9 Å². The van der Waals surface area contributed by atoms with E-state index >= 15 is 0 Å². The Morgan fingerprint density at radius 2 is 1.73 bits per heavy atom. The highest BCUT2D eigenvalue weighted by molar-refractivity contribution is 7.84. The largest absolute Gasteiger partial charge is 0.311 e. The Balaban J connectivity index is 2.01. The third-order valence-electron chi connectivity index (χ3n) is 4.92. The molecule has 0 amide bonds. The fourth-order valence-electron chi connectivity index (χ4n) is 3.25. The average Bonchev–Trinajstić information content (AvgIpc) is 2.72. The Kier molecular flexibility index (Phi) is 6.31. The van der Waals surface area contributed by atoms with Gasteiger partial charge >= 0.3 is 0 Å². The Morgan fingerprint density at radius 3 is 2.30 bits per heavy atom. The van der Waals surface area contributed by atoms with Gasteiger partial charge in [-0.2, -0.15) is 0 Å². The van der Waals surface area contributed by atoms with Gasteiger partial charge in [-0.05, 0) is 50.0 Å². The van der Waals surface area contributed by atoms with Crippen molar-refractivity contribution in [3.05, 3.63) is 93.7 Å². The van der Waals surface area contributed by atoms with E-state index in [9.17, 15) is 19.1 Å². The van der Waals surface area contributed by atoms with Gasteiger partial charge in [-0.3, -0.25) is 14.9 Å². The van der Waals surface area contributed by atoms with Crippen molar-refractivity contribution in [2.24, 2.45) is 0 Å². The molecule has 1 N–H and O–H groups in total. The van der Waals surface area contributed by atoms with Crippen molar-refractivity contribution in [1.82, 2.24) is 4.72 Å². The maximum absolute atomic E-state index is 13.0. The summed E-state index contributed by atoms with van der Waals surface area (Å²) in [5.74, 6) is -0.468. The van der Waals surface area contributed by atoms with Crippen LogP contribution in [0.25, 0.3) is 5.57 Å². The monoisotopic (exact) mass is 424 g/mol. The summed E-state index contributed by atoms with van der Waals surface area (Å²) in [4.78, 5) is 23.6. The molecule has 1 aliphatic rings. The lowest BCUT2D eigenvalue weighted by Gasteiger charge is -2.26. The number of hydrogen-bond donors (Lipinski definition) is 1. The SMILES string of the molecule is CC(C)(C)S(=O)N/C=C1\C(=O)C=C(c2ccccc2)C[C@@H]1c1ccc([N+](=O)[O-])cc1. The molecule has 6 nitrogen and oxygen atoms in total. The van der Waals surface area contributed by atoms with Crippen LogP contribution < -0.4 is 4.72 Å². The van der Waals surface area contributed by atoms with E-state index in [1.54, 1.807) is 18.2 Å². The molecule has 1 aliphatic carbocycles. The zero-order valence-corrected chi connectivity index (χ0v) is 17.9. The molecule has 2 aromatic rings. The van der Waals surface area contributed by atoms with Gasteiger partial charge < -0.3 is 4.72 Å². The van der Waals surface area contributed by atoms with Gasteiger partial charge in [0.15, 0.2) is 5.78 Å². The first-order valence-corrected chi connectivity index (χ1v) is 10.7. The molecule has 0 radical (unpaired) electrons. The van der Waals surface area contributed by atoms with E-state index in [1.165, 1.54) is 18.3 Å². The molecule has 0 fully saturated rings. The fraction of sp³-hybridized carbons (Fsp3) is 0.261. The minimum absolute atomic E-state index is 0.00259. The number of allylic oxidation sites excluding steroid dienone is 3. The summed E-state index contributed by atoms with van der Waals surface area (Å²) in [6.45, 7) is 5.54. The zero-order valence-electron chi connectivity index (χ0n) is 17.1. The van der Waals surface area contributed by atoms with Crippen molar-refractivity contribution >= 4 is 28.0 Å². The van der Waals surface area contributed by atoms with E-state index in [-0.39, 0.29) is 17.4 Å². The number of nitro groups is 1. The number of hydrogen-bond acceptors (Lipinski definition) is 4. The van der Waals surface area contributed by atoms with Gasteiger partial charge in [0, 0.05) is 29.8 Å². The minimum atomic E-state index is -1.37. The van der Waals surface area contributed by atoms with E-state index in [1.807, 2.05) is 51.1 Å². The van der Waals surface area contributed by atoms with Crippen LogP contribution in [0.2, 0.25) is 0 Å². The van der Waals surface area contributed by atoms with Crippen molar-refractivity contribution in [3.63, 3.8) is 0 Å². The first-order valence-electron chi connectivity index (χ1n) is 9.59. The van der Waals surface area contributed by atoms with Crippen molar-refractivity contribution in [1.29, 1.82) is 0 Å². The molecule has 156 valence electrons. The topological polar surface area (TPSA) is 89.3 Å². The number of nitrogens with zero attached hydrogens (tertiary/aromatic N) is 1. The Hall–Kier alpha value is -3.06. The maximum atomic E-state index is 13.0. The first kappa shape index (κ1) is 21.6. The molecule has 0 saturated carbocycles. The molecule has 0 aliphatic heterocycles. The van der Waals surface area contributed by atoms with Gasteiger partial charge in [0.2, 0.25) is 0 Å². The van der Waals surface area contributed by atoms with Crippen LogP contribution in [0.1, 0.15) is 44.2 Å². The van der Waals surface area contributed by atoms with Crippen LogP contribution in [0.15, 0.2) is 72.4 Å². The molecule has 3 rings (SSSR count). The van der Waals surface area contributed by atoms with Gasteiger partial charge in [0.25, 0.3) is 5.69 Å². The van der Waals surface area contributed by atoms with Gasteiger partial charge in [0.1, 0.15) is 11.0 Å². The Labute approximate surface area is 178 Å². The van der Waals surface area contributed by atoms with Crippen LogP contribution in [0.3, 0.4) is 0 Å². The number of carbonyl (C=O) groups excluding carboxylic acids is 1. The highest BCUT2D eigenvalue weighted by Gasteiger charge is 2.29. The van der Waals surface area contributed by atoms with E-state index in [0.29, 0.717) is 12.0 Å². The standard InChI is InChI=1S/C23H24N2O4S/c1-23(2,3)30(29)24-15-21-20(17-9-11-19(12-10-17)25(27)28)13-18(14-22(21)26)16-7-5-4-6-8-16/h4-12,14-15,20,24H,13H2,1-3H3/b21-15-/t20-,30?/m1/s1. The number of non-ortho nitro benzene ring substituents is 1. The second-order valence-electron chi connectivity index (χ2n) is 8.10. The smallest absolute Gasteiger partial charge is 0.269 e. The van der Waals surface area contributed by atoms with Crippen molar-refractivity contribution in [2.75, 3.05) is 0 Å². The van der Waals surface area contributed by atoms with Crippen molar-refractivity contribution in [2.45, 2.75) is 37.9 Å². The quantitative estimate of drug-likeness (QED) is 0.429. The molecule has 2 atom stereocenters. The number of rotatable bonds is 5. The molecule has 0 saturated heterocycles. The highest BCUT2D eigenvalue weighted by Crippen LogP contribution is 2.39. The summed E-state index contributed by atoms with van der Waals surface area (Å²) in [5.41, 5.74) is 3.14. The van der Waals surface area contributed by atoms with E-state index in [4.69, 9.17) is 0 Å². The lowest BCUT2D eigenvalue weighted by atomic mass is 9.78. The molecule has 1 unspecified atom stereocenters. The Morgan fingerprint density at radius 1 is 1.10 bits per heavy atom. The Bertz CT molecular complexity index is 1040. The summed E-state index contributed by atoms with van der Waals surface area (Å²) in [6.07, 6.45) is 3.71. The van der Waals surface area contributed by atoms with Gasteiger partial charge in [-0.1, -0.05) is 42.5 Å². The lowest BCUT2D eigenvalue weighted by molar-refractivity contribution is -0.384. The van der Waals surface area contributed by atoms with E-state index in [0.717, 1.165) is 16.7 Å². The average molecular weight is 425 g/mol. The van der Waals surface area contributed by atoms with Crippen LogP contribution >= 0.6 is 0 Å². The van der Waals surface area contributed by atoms with Crippen LogP contribution in [-0.4, -0.2) is 19.7 Å². The molecule has 0 spiro atoms. The summed E-state index contributed by atoms with van der Waals surface area (Å²) >= 11 is 0. The summed E-state index contributed by atoms with van der Waals surface area (Å²) in [6, 6.07) is 15.9. The van der Waals surface area contributed by atoms with Gasteiger partial charge in [-0.15, -0.1) is 0 Å². The molecular weight excluding hydrogens is 400 g/mol. The van der Waals surface area contributed by atoms with E-state index < -0.39 is 20.7 Å². The third kappa shape index (κ3) is 4.91. The normalized spacial score (nSPS) is 19.3. The molecule has 0 aromatic heterocycles. The number of benzene rings is 2. The number of nitrogens with one attached hydrogen (secondary N) is 1. The van der Waals surface area contributed by atoms with E-state index in [2.05, 4.69) is 4.72 Å². The van der Waals surface area contributed by atoms with Crippen LogP contribution in [0.5, 0.6) is 0 Å². The van der Waals surface area contributed by atoms with Crippen LogP contribution in [0.4, 0.5) is 5.69 Å². The number of ketones is 1. The van der Waals surface area contributed by atoms with Crippen LogP contribution in [0, 0.1) is 10.1 Å². The molecule has 0 bridgehead atoms. The molecule has 30 heavy (non-hydrogen) atoms. The molecular formula is C23H24N2O4S. The fourth-order valence-corrected chi connectivity index (χ4v) is 3.83. The number of nitro benzene ring substituents is 1.